The minimum absolute atomic E-state index is 0.461. The minimum atomic E-state index is 0.461. The summed E-state index contributed by atoms with van der Waals surface area (Å²) in [6.07, 6.45) is 1.22. The van der Waals surface area contributed by atoms with Gasteiger partial charge in [-0.2, -0.15) is 0 Å². The highest BCUT2D eigenvalue weighted by Gasteiger charge is 2.57. The second kappa shape index (κ2) is 5.05. The molecular weight excluding hydrogens is 218 g/mol. The largest absolute Gasteiger partial charge is 0.316 e. The Labute approximate surface area is 112 Å². The maximum atomic E-state index is 3.58. The summed E-state index contributed by atoms with van der Waals surface area (Å²) >= 11 is 0. The molecule has 0 spiro atoms. The van der Waals surface area contributed by atoms with Gasteiger partial charge in [-0.1, -0.05) is 39.0 Å². The predicted octanol–water partition coefficient (Wildman–Crippen LogP) is 4.04. The van der Waals surface area contributed by atoms with E-state index in [1.807, 2.05) is 0 Å². The smallest absolute Gasteiger partial charge is 0.000913 e. The normalized spacial score (nSPS) is 25.2. The standard InChI is InChI=1S/C17H27N/c1-6-9-18-11-15-16(17(15,4)5)14-8-7-12(2)13(3)10-14/h7-8,10,15-16,18H,6,9,11H2,1-5H3. The molecule has 1 saturated carbocycles. The van der Waals surface area contributed by atoms with Gasteiger partial charge in [-0.25, -0.2) is 0 Å². The first-order valence-corrected chi connectivity index (χ1v) is 7.26. The van der Waals surface area contributed by atoms with Crippen molar-refractivity contribution in [2.75, 3.05) is 13.1 Å². The second-order valence-corrected chi connectivity index (χ2v) is 6.45. The van der Waals surface area contributed by atoms with E-state index in [1.54, 1.807) is 0 Å². The summed E-state index contributed by atoms with van der Waals surface area (Å²) in [4.78, 5) is 0. The highest BCUT2D eigenvalue weighted by molar-refractivity contribution is 5.37. The molecule has 1 nitrogen and oxygen atoms in total. The Balaban J connectivity index is 2.07. The van der Waals surface area contributed by atoms with Crippen LogP contribution in [0.2, 0.25) is 0 Å². The fourth-order valence-corrected chi connectivity index (χ4v) is 3.18. The van der Waals surface area contributed by atoms with Crippen LogP contribution < -0.4 is 5.32 Å². The first-order chi connectivity index (χ1) is 8.48. The Morgan fingerprint density at radius 3 is 2.50 bits per heavy atom. The minimum Gasteiger partial charge on any atom is -0.316 e. The van der Waals surface area contributed by atoms with Gasteiger partial charge in [-0.15, -0.1) is 0 Å². The molecule has 0 radical (unpaired) electrons. The Morgan fingerprint density at radius 2 is 1.89 bits per heavy atom. The number of benzene rings is 1. The topological polar surface area (TPSA) is 12.0 Å². The van der Waals surface area contributed by atoms with Crippen LogP contribution in [0.25, 0.3) is 0 Å². The van der Waals surface area contributed by atoms with Crippen molar-refractivity contribution in [2.45, 2.75) is 47.0 Å². The van der Waals surface area contributed by atoms with Crippen LogP contribution in [0.15, 0.2) is 18.2 Å². The van der Waals surface area contributed by atoms with Crippen LogP contribution in [-0.4, -0.2) is 13.1 Å². The summed E-state index contributed by atoms with van der Waals surface area (Å²) in [7, 11) is 0. The zero-order chi connectivity index (χ0) is 13.3. The molecule has 2 rings (SSSR count). The summed E-state index contributed by atoms with van der Waals surface area (Å²) in [6, 6.07) is 6.99. The van der Waals surface area contributed by atoms with E-state index in [2.05, 4.69) is 58.1 Å². The van der Waals surface area contributed by atoms with E-state index in [1.165, 1.54) is 29.7 Å². The molecule has 0 amide bonds. The number of hydrogen-bond acceptors (Lipinski definition) is 1. The third kappa shape index (κ3) is 2.47. The molecule has 2 atom stereocenters. The van der Waals surface area contributed by atoms with E-state index in [-0.39, 0.29) is 0 Å². The fourth-order valence-electron chi connectivity index (χ4n) is 3.18. The Bertz CT molecular complexity index is 420. The molecule has 0 saturated heterocycles. The van der Waals surface area contributed by atoms with Gasteiger partial charge in [-0.3, -0.25) is 0 Å². The SMILES string of the molecule is CCCNCC1C(c2ccc(C)c(C)c2)C1(C)C. The van der Waals surface area contributed by atoms with Crippen molar-refractivity contribution in [3.63, 3.8) is 0 Å². The van der Waals surface area contributed by atoms with E-state index in [9.17, 15) is 0 Å². The monoisotopic (exact) mass is 245 g/mol. The lowest BCUT2D eigenvalue weighted by molar-refractivity contribution is 0.518. The van der Waals surface area contributed by atoms with Gasteiger partial charge in [-0.05, 0) is 67.3 Å². The van der Waals surface area contributed by atoms with Crippen molar-refractivity contribution in [1.82, 2.24) is 5.32 Å². The molecule has 0 heterocycles. The zero-order valence-electron chi connectivity index (χ0n) is 12.5. The Morgan fingerprint density at radius 1 is 1.17 bits per heavy atom. The van der Waals surface area contributed by atoms with E-state index >= 15 is 0 Å². The van der Waals surface area contributed by atoms with Crippen LogP contribution in [0.5, 0.6) is 0 Å². The lowest BCUT2D eigenvalue weighted by Gasteiger charge is -2.06. The summed E-state index contributed by atoms with van der Waals surface area (Å²) in [5.74, 6) is 1.53. The molecule has 1 aliphatic rings. The van der Waals surface area contributed by atoms with Gasteiger partial charge in [0.1, 0.15) is 0 Å². The molecule has 1 aromatic rings. The van der Waals surface area contributed by atoms with Crippen molar-refractivity contribution < 1.29 is 0 Å². The summed E-state index contributed by atoms with van der Waals surface area (Å²) < 4.78 is 0. The van der Waals surface area contributed by atoms with E-state index < -0.39 is 0 Å². The van der Waals surface area contributed by atoms with E-state index in [0.717, 1.165) is 18.4 Å². The molecule has 18 heavy (non-hydrogen) atoms. The first kappa shape index (κ1) is 13.6. The van der Waals surface area contributed by atoms with Gasteiger partial charge in [0.25, 0.3) is 0 Å². The van der Waals surface area contributed by atoms with Crippen LogP contribution in [0, 0.1) is 25.2 Å². The number of hydrogen-bond donors (Lipinski definition) is 1. The number of rotatable bonds is 5. The zero-order valence-corrected chi connectivity index (χ0v) is 12.5. The van der Waals surface area contributed by atoms with Gasteiger partial charge < -0.3 is 5.32 Å². The molecule has 1 N–H and O–H groups in total. The summed E-state index contributed by atoms with van der Waals surface area (Å²) in [5, 5.41) is 3.58. The Hall–Kier alpha value is -0.820. The molecule has 0 aliphatic heterocycles. The van der Waals surface area contributed by atoms with Crippen LogP contribution in [0.1, 0.15) is 49.8 Å². The van der Waals surface area contributed by atoms with Crippen molar-refractivity contribution in [1.29, 1.82) is 0 Å². The molecule has 0 bridgehead atoms. The summed E-state index contributed by atoms with van der Waals surface area (Å²) in [6.45, 7) is 13.8. The quantitative estimate of drug-likeness (QED) is 0.772. The van der Waals surface area contributed by atoms with Gasteiger partial charge in [0.2, 0.25) is 0 Å². The van der Waals surface area contributed by atoms with Gasteiger partial charge in [0.15, 0.2) is 0 Å². The van der Waals surface area contributed by atoms with Crippen LogP contribution >= 0.6 is 0 Å². The third-order valence-corrected chi connectivity index (χ3v) is 4.73. The fraction of sp³-hybridized carbons (Fsp3) is 0.647. The average Bonchev–Trinajstić information content (AvgIpc) is 2.85. The second-order valence-electron chi connectivity index (χ2n) is 6.45. The number of nitrogens with one attached hydrogen (secondary N) is 1. The maximum absolute atomic E-state index is 3.58. The lowest BCUT2D eigenvalue weighted by atomic mass is 9.99. The molecule has 1 aliphatic carbocycles. The molecular formula is C17H27N. The van der Waals surface area contributed by atoms with Gasteiger partial charge >= 0.3 is 0 Å². The van der Waals surface area contributed by atoms with Crippen molar-refractivity contribution in [2.24, 2.45) is 11.3 Å². The predicted molar refractivity (Wildman–Crippen MR) is 79.1 cm³/mol. The highest BCUT2D eigenvalue weighted by atomic mass is 14.9. The molecule has 0 aromatic heterocycles. The third-order valence-electron chi connectivity index (χ3n) is 4.73. The van der Waals surface area contributed by atoms with E-state index in [4.69, 9.17) is 0 Å². The molecule has 100 valence electrons. The molecule has 1 aromatic carbocycles. The maximum Gasteiger partial charge on any atom is -0.000913 e. The lowest BCUT2D eigenvalue weighted by Crippen LogP contribution is -2.19. The highest BCUT2D eigenvalue weighted by Crippen LogP contribution is 2.64. The molecule has 1 heteroatoms. The average molecular weight is 245 g/mol. The summed E-state index contributed by atoms with van der Waals surface area (Å²) in [5.41, 5.74) is 4.82. The van der Waals surface area contributed by atoms with Crippen molar-refractivity contribution in [3.05, 3.63) is 34.9 Å². The van der Waals surface area contributed by atoms with E-state index in [0.29, 0.717) is 5.41 Å². The van der Waals surface area contributed by atoms with Crippen LogP contribution in [0.3, 0.4) is 0 Å². The molecule has 1 fully saturated rings. The Kier molecular flexibility index (Phi) is 3.82. The van der Waals surface area contributed by atoms with Crippen molar-refractivity contribution >= 4 is 0 Å². The van der Waals surface area contributed by atoms with Crippen LogP contribution in [-0.2, 0) is 0 Å². The van der Waals surface area contributed by atoms with Gasteiger partial charge in [0, 0.05) is 0 Å². The van der Waals surface area contributed by atoms with Crippen molar-refractivity contribution in [3.8, 4) is 0 Å². The van der Waals surface area contributed by atoms with Crippen LogP contribution in [0.4, 0.5) is 0 Å². The first-order valence-electron chi connectivity index (χ1n) is 7.26. The van der Waals surface area contributed by atoms with Gasteiger partial charge in [0.05, 0.1) is 0 Å². The number of aryl methyl sites for hydroxylation is 2. The molecule has 2 unspecified atom stereocenters.